The molecule has 1 N–H and O–H groups in total. The van der Waals surface area contributed by atoms with Crippen molar-refractivity contribution in [2.75, 3.05) is 0 Å². The van der Waals surface area contributed by atoms with Gasteiger partial charge < -0.3 is 5.11 Å². The van der Waals surface area contributed by atoms with Crippen LogP contribution in [0.15, 0.2) is 29.8 Å². The Kier molecular flexibility index (Phi) is 3.42. The van der Waals surface area contributed by atoms with Crippen molar-refractivity contribution in [3.05, 3.63) is 46.8 Å². The van der Waals surface area contributed by atoms with Crippen LogP contribution in [0.25, 0.3) is 0 Å². The van der Waals surface area contributed by atoms with Crippen LogP contribution in [0.2, 0.25) is 0 Å². The van der Waals surface area contributed by atoms with Crippen molar-refractivity contribution in [2.24, 2.45) is 0 Å². The van der Waals surface area contributed by atoms with E-state index in [1.165, 1.54) is 12.1 Å². The van der Waals surface area contributed by atoms with Crippen molar-refractivity contribution in [1.29, 1.82) is 0 Å². The van der Waals surface area contributed by atoms with Crippen LogP contribution in [-0.4, -0.2) is 5.11 Å². The molecule has 0 aliphatic rings. The van der Waals surface area contributed by atoms with Crippen LogP contribution in [0, 0.1) is 12.7 Å². The molecule has 0 amide bonds. The average Bonchev–Trinajstić information content (AvgIpc) is 2.01. The fourth-order valence-electron chi connectivity index (χ4n) is 1.38. The van der Waals surface area contributed by atoms with E-state index < -0.39 is 6.10 Å². The fourth-order valence-corrected chi connectivity index (χ4v) is 1.38. The van der Waals surface area contributed by atoms with E-state index in [0.717, 1.165) is 16.7 Å². The third kappa shape index (κ3) is 2.67. The van der Waals surface area contributed by atoms with Gasteiger partial charge in [0.15, 0.2) is 0 Å². The van der Waals surface area contributed by atoms with E-state index in [-0.39, 0.29) is 5.82 Å². The van der Waals surface area contributed by atoms with Crippen molar-refractivity contribution >= 4 is 0 Å². The summed E-state index contributed by atoms with van der Waals surface area (Å²) < 4.78 is 12.8. The molecular formula is C12H15FO. The van der Waals surface area contributed by atoms with Crippen LogP contribution in [0.4, 0.5) is 4.39 Å². The summed E-state index contributed by atoms with van der Waals surface area (Å²) in [4.78, 5) is 0. The van der Waals surface area contributed by atoms with Crippen molar-refractivity contribution < 1.29 is 9.50 Å². The van der Waals surface area contributed by atoms with Crippen LogP contribution >= 0.6 is 0 Å². The van der Waals surface area contributed by atoms with Crippen molar-refractivity contribution in [2.45, 2.75) is 26.9 Å². The molecule has 14 heavy (non-hydrogen) atoms. The number of allylic oxidation sites excluding steroid dienone is 1. The van der Waals surface area contributed by atoms with Gasteiger partial charge in [-0.15, -0.1) is 0 Å². The molecule has 1 aromatic rings. The largest absolute Gasteiger partial charge is 0.384 e. The molecule has 1 atom stereocenters. The van der Waals surface area contributed by atoms with E-state index in [1.807, 2.05) is 13.8 Å². The van der Waals surface area contributed by atoms with Gasteiger partial charge in [-0.25, -0.2) is 4.39 Å². The second-order valence-electron chi connectivity index (χ2n) is 3.69. The quantitative estimate of drug-likeness (QED) is 0.717. The minimum absolute atomic E-state index is 0.268. The first kappa shape index (κ1) is 10.9. The van der Waals surface area contributed by atoms with Crippen molar-refractivity contribution in [1.82, 2.24) is 0 Å². The third-order valence-corrected chi connectivity index (χ3v) is 2.04. The van der Waals surface area contributed by atoms with E-state index in [4.69, 9.17) is 0 Å². The molecule has 0 saturated carbocycles. The Morgan fingerprint density at radius 1 is 1.43 bits per heavy atom. The Hall–Kier alpha value is -1.15. The highest BCUT2D eigenvalue weighted by atomic mass is 19.1. The molecule has 0 heterocycles. The molecule has 1 nitrogen and oxygen atoms in total. The molecule has 0 saturated heterocycles. The molecule has 0 aliphatic heterocycles. The summed E-state index contributed by atoms with van der Waals surface area (Å²) in [7, 11) is 0. The number of aliphatic hydroxyl groups excluding tert-OH is 1. The highest BCUT2D eigenvalue weighted by Gasteiger charge is 2.07. The Morgan fingerprint density at radius 3 is 2.57 bits per heavy atom. The van der Waals surface area contributed by atoms with E-state index in [2.05, 4.69) is 0 Å². The fraction of sp³-hybridized carbons (Fsp3) is 0.333. The van der Waals surface area contributed by atoms with Crippen LogP contribution in [0.1, 0.15) is 31.1 Å². The molecule has 0 radical (unpaired) electrons. The molecule has 1 aromatic carbocycles. The minimum atomic E-state index is -0.638. The average molecular weight is 194 g/mol. The maximum Gasteiger partial charge on any atom is 0.123 e. The third-order valence-electron chi connectivity index (χ3n) is 2.04. The Bertz CT molecular complexity index is 351. The number of hydrogen-bond donors (Lipinski definition) is 1. The number of aliphatic hydroxyl groups is 1. The summed E-state index contributed by atoms with van der Waals surface area (Å²) >= 11 is 0. The lowest BCUT2D eigenvalue weighted by Gasteiger charge is -2.10. The second-order valence-corrected chi connectivity index (χ2v) is 3.69. The Balaban J connectivity index is 3.02. The zero-order chi connectivity index (χ0) is 10.7. The van der Waals surface area contributed by atoms with Crippen molar-refractivity contribution in [3.63, 3.8) is 0 Å². The first-order chi connectivity index (χ1) is 6.50. The van der Waals surface area contributed by atoms with Crippen molar-refractivity contribution in [3.8, 4) is 0 Å². The molecule has 1 unspecified atom stereocenters. The van der Waals surface area contributed by atoms with Gasteiger partial charge in [0.2, 0.25) is 0 Å². The molecule has 0 bridgehead atoms. The molecular weight excluding hydrogens is 179 g/mol. The number of halogens is 1. The SMILES string of the molecule is CC(C)=CC(O)c1ccc(F)cc1C. The van der Waals surface area contributed by atoms with Crippen LogP contribution in [0.3, 0.4) is 0 Å². The highest BCUT2D eigenvalue weighted by Crippen LogP contribution is 2.20. The smallest absolute Gasteiger partial charge is 0.123 e. The number of aryl methyl sites for hydroxylation is 1. The van der Waals surface area contributed by atoms with Gasteiger partial charge in [-0.1, -0.05) is 17.7 Å². The molecule has 2 heteroatoms. The molecule has 0 fully saturated rings. The van der Waals surface area contributed by atoms with Gasteiger partial charge in [-0.3, -0.25) is 0 Å². The van der Waals surface area contributed by atoms with Gasteiger partial charge in [-0.2, -0.15) is 0 Å². The van der Waals surface area contributed by atoms with Crippen LogP contribution in [0.5, 0.6) is 0 Å². The summed E-state index contributed by atoms with van der Waals surface area (Å²) in [5.74, 6) is -0.268. The first-order valence-corrected chi connectivity index (χ1v) is 4.60. The van der Waals surface area contributed by atoms with Crippen LogP contribution in [-0.2, 0) is 0 Å². The lowest BCUT2D eigenvalue weighted by Crippen LogP contribution is -1.97. The van der Waals surface area contributed by atoms with Gasteiger partial charge in [-0.05, 0) is 44.0 Å². The predicted molar refractivity (Wildman–Crippen MR) is 55.5 cm³/mol. The second kappa shape index (κ2) is 4.38. The number of rotatable bonds is 2. The summed E-state index contributed by atoms with van der Waals surface area (Å²) in [6.45, 7) is 5.63. The topological polar surface area (TPSA) is 20.2 Å². The standard InChI is InChI=1S/C12H15FO/c1-8(2)6-12(14)11-5-4-10(13)7-9(11)3/h4-7,12,14H,1-3H3. The number of hydrogen-bond acceptors (Lipinski definition) is 1. The zero-order valence-corrected chi connectivity index (χ0v) is 8.71. The predicted octanol–water partition coefficient (Wildman–Crippen LogP) is 3.13. The Labute approximate surface area is 83.9 Å². The van der Waals surface area contributed by atoms with E-state index in [9.17, 15) is 9.50 Å². The summed E-state index contributed by atoms with van der Waals surface area (Å²) in [5.41, 5.74) is 2.57. The van der Waals surface area contributed by atoms with E-state index >= 15 is 0 Å². The summed E-state index contributed by atoms with van der Waals surface area (Å²) in [6, 6.07) is 4.41. The molecule has 0 aromatic heterocycles. The summed E-state index contributed by atoms with van der Waals surface area (Å²) in [6.07, 6.45) is 1.11. The van der Waals surface area contributed by atoms with Gasteiger partial charge in [0, 0.05) is 0 Å². The van der Waals surface area contributed by atoms with Crippen LogP contribution < -0.4 is 0 Å². The van der Waals surface area contributed by atoms with Gasteiger partial charge in [0.1, 0.15) is 5.82 Å². The highest BCUT2D eigenvalue weighted by molar-refractivity contribution is 5.31. The zero-order valence-electron chi connectivity index (χ0n) is 8.71. The maximum atomic E-state index is 12.8. The molecule has 0 aliphatic carbocycles. The van der Waals surface area contributed by atoms with E-state index in [0.29, 0.717) is 0 Å². The number of benzene rings is 1. The first-order valence-electron chi connectivity index (χ1n) is 4.60. The van der Waals surface area contributed by atoms with Gasteiger partial charge in [0.25, 0.3) is 0 Å². The molecule has 0 spiro atoms. The monoisotopic (exact) mass is 194 g/mol. The lowest BCUT2D eigenvalue weighted by molar-refractivity contribution is 0.227. The summed E-state index contributed by atoms with van der Waals surface area (Å²) in [5, 5.41) is 9.76. The van der Waals surface area contributed by atoms with Gasteiger partial charge in [0.05, 0.1) is 6.10 Å². The van der Waals surface area contributed by atoms with Gasteiger partial charge >= 0.3 is 0 Å². The maximum absolute atomic E-state index is 12.8. The normalized spacial score (nSPS) is 12.4. The minimum Gasteiger partial charge on any atom is -0.384 e. The van der Waals surface area contributed by atoms with E-state index in [1.54, 1.807) is 19.1 Å². The Morgan fingerprint density at radius 2 is 2.07 bits per heavy atom. The molecule has 1 rings (SSSR count). The lowest BCUT2D eigenvalue weighted by atomic mass is 10.0. The molecule has 76 valence electrons.